The number of nitrogens with one attached hydrogen (secondary N) is 1. The molecule has 1 saturated carbocycles. The first kappa shape index (κ1) is 37.6. The SMILES string of the molecule is COCCS(=O)(=O)NC(=O)[C@@]1(O)CC(=O)N(C)CC/C=C/[C@H](OC)[C@@H]2CCC2(C)CN2C[C@@]3(CCCc4cc(Cl)ccc43)COc3ccc1cc32. The van der Waals surface area contributed by atoms with Crippen molar-refractivity contribution in [1.82, 2.24) is 9.62 Å². The van der Waals surface area contributed by atoms with E-state index in [1.165, 1.54) is 23.1 Å². The summed E-state index contributed by atoms with van der Waals surface area (Å²) in [5.41, 5.74) is 0.158. The van der Waals surface area contributed by atoms with Crippen molar-refractivity contribution in [3.63, 3.8) is 0 Å². The maximum absolute atomic E-state index is 13.9. The summed E-state index contributed by atoms with van der Waals surface area (Å²) in [6, 6.07) is 11.1. The van der Waals surface area contributed by atoms with Gasteiger partial charge in [0.05, 0.1) is 37.2 Å². The Balaban J connectivity index is 1.49. The molecule has 1 unspecified atom stereocenters. The average molecular weight is 744 g/mol. The van der Waals surface area contributed by atoms with E-state index in [4.69, 9.17) is 25.8 Å². The first-order valence-electron chi connectivity index (χ1n) is 17.7. The molecule has 0 radical (unpaired) electrons. The normalized spacial score (nSPS) is 30.4. The summed E-state index contributed by atoms with van der Waals surface area (Å²) in [5.74, 6) is -1.40. The zero-order chi connectivity index (χ0) is 36.6. The van der Waals surface area contributed by atoms with Crippen LogP contribution in [0.2, 0.25) is 5.02 Å². The molecular formula is C38H50ClN3O8S. The highest BCUT2D eigenvalue weighted by molar-refractivity contribution is 7.90. The number of amides is 2. The highest BCUT2D eigenvalue weighted by Gasteiger charge is 2.50. The van der Waals surface area contributed by atoms with Gasteiger partial charge in [0.25, 0.3) is 5.91 Å². The van der Waals surface area contributed by atoms with E-state index in [9.17, 15) is 23.1 Å². The number of rotatable bonds is 6. The number of halogens is 1. The summed E-state index contributed by atoms with van der Waals surface area (Å²) in [6.45, 7) is 4.14. The van der Waals surface area contributed by atoms with Crippen LogP contribution in [0.3, 0.4) is 0 Å². The van der Waals surface area contributed by atoms with E-state index in [1.54, 1.807) is 32.4 Å². The lowest BCUT2D eigenvalue weighted by molar-refractivity contribution is -0.148. The van der Waals surface area contributed by atoms with Crippen LogP contribution in [0.1, 0.15) is 62.1 Å². The number of anilines is 1. The van der Waals surface area contributed by atoms with Gasteiger partial charge in [-0.2, -0.15) is 0 Å². The number of benzene rings is 2. The maximum atomic E-state index is 13.9. The van der Waals surface area contributed by atoms with Crippen molar-refractivity contribution in [1.29, 1.82) is 0 Å². The van der Waals surface area contributed by atoms with E-state index in [1.807, 2.05) is 16.9 Å². The van der Waals surface area contributed by atoms with Crippen molar-refractivity contribution in [3.8, 4) is 5.75 Å². The third-order valence-electron chi connectivity index (χ3n) is 11.6. The van der Waals surface area contributed by atoms with Gasteiger partial charge in [-0.1, -0.05) is 42.8 Å². The number of carbonyl (C=O) groups excluding carboxylic acids is 2. The van der Waals surface area contributed by atoms with Crippen molar-refractivity contribution in [2.24, 2.45) is 11.3 Å². The van der Waals surface area contributed by atoms with Gasteiger partial charge in [-0.3, -0.25) is 14.3 Å². The second-order valence-corrected chi connectivity index (χ2v) is 17.4. The molecule has 2 aliphatic carbocycles. The summed E-state index contributed by atoms with van der Waals surface area (Å²) in [4.78, 5) is 31.3. The largest absolute Gasteiger partial charge is 0.490 e. The number of hydrogen-bond donors (Lipinski definition) is 2. The summed E-state index contributed by atoms with van der Waals surface area (Å²) in [5, 5.41) is 13.0. The molecule has 4 aliphatic rings. The predicted molar refractivity (Wildman–Crippen MR) is 196 cm³/mol. The quantitative estimate of drug-likeness (QED) is 0.415. The van der Waals surface area contributed by atoms with Crippen LogP contribution in [0.25, 0.3) is 0 Å². The van der Waals surface area contributed by atoms with E-state index in [0.29, 0.717) is 49.1 Å². The number of hydrogen-bond acceptors (Lipinski definition) is 9. The maximum Gasteiger partial charge on any atom is 0.270 e. The highest BCUT2D eigenvalue weighted by atomic mass is 35.5. The molecule has 2 aromatic rings. The fourth-order valence-corrected chi connectivity index (χ4v) is 9.62. The van der Waals surface area contributed by atoms with Gasteiger partial charge >= 0.3 is 0 Å². The van der Waals surface area contributed by atoms with Crippen LogP contribution in [0.4, 0.5) is 5.69 Å². The molecule has 13 heteroatoms. The van der Waals surface area contributed by atoms with E-state index in [-0.39, 0.29) is 35.0 Å². The number of ether oxygens (including phenoxy) is 3. The van der Waals surface area contributed by atoms with Crippen molar-refractivity contribution in [2.75, 3.05) is 64.8 Å². The Hall–Kier alpha value is -3.16. The molecule has 278 valence electrons. The third kappa shape index (κ3) is 7.53. The van der Waals surface area contributed by atoms with Crippen molar-refractivity contribution in [2.45, 2.75) is 69.0 Å². The van der Waals surface area contributed by atoms with Gasteiger partial charge in [0.15, 0.2) is 5.60 Å². The molecule has 51 heavy (non-hydrogen) atoms. The highest BCUT2D eigenvalue weighted by Crippen LogP contribution is 2.53. The third-order valence-corrected chi connectivity index (χ3v) is 13.1. The molecule has 1 spiro atoms. The van der Waals surface area contributed by atoms with Crippen molar-refractivity contribution >= 4 is 39.1 Å². The van der Waals surface area contributed by atoms with E-state index >= 15 is 0 Å². The van der Waals surface area contributed by atoms with Gasteiger partial charge < -0.3 is 29.1 Å². The number of fused-ring (bicyclic) bond motifs is 4. The summed E-state index contributed by atoms with van der Waals surface area (Å²) < 4.78 is 45.4. The minimum Gasteiger partial charge on any atom is -0.490 e. The number of nitrogens with zero attached hydrogens (tertiary/aromatic N) is 2. The smallest absolute Gasteiger partial charge is 0.270 e. The molecule has 2 aromatic carbocycles. The lowest BCUT2D eigenvalue weighted by Crippen LogP contribution is -2.54. The first-order valence-corrected chi connectivity index (χ1v) is 19.8. The van der Waals surface area contributed by atoms with Gasteiger partial charge in [0.1, 0.15) is 5.75 Å². The number of sulfonamides is 1. The van der Waals surface area contributed by atoms with Gasteiger partial charge in [-0.25, -0.2) is 8.42 Å². The monoisotopic (exact) mass is 743 g/mol. The minimum atomic E-state index is -4.19. The molecule has 6 rings (SSSR count). The van der Waals surface area contributed by atoms with Crippen LogP contribution in [-0.4, -0.2) is 96.2 Å². The molecule has 5 atom stereocenters. The van der Waals surface area contributed by atoms with Crippen LogP contribution < -0.4 is 14.4 Å². The Labute approximate surface area is 306 Å². The second kappa shape index (κ2) is 14.7. The van der Waals surface area contributed by atoms with E-state index < -0.39 is 39.6 Å². The van der Waals surface area contributed by atoms with Crippen molar-refractivity contribution < 1.29 is 37.3 Å². The number of methoxy groups -OCH3 is 2. The molecule has 0 aromatic heterocycles. The van der Waals surface area contributed by atoms with Crippen LogP contribution >= 0.6 is 11.6 Å². The number of aliphatic hydroxyl groups is 1. The van der Waals surface area contributed by atoms with Crippen molar-refractivity contribution in [3.05, 3.63) is 70.3 Å². The Morgan fingerprint density at radius 1 is 1.16 bits per heavy atom. The second-order valence-electron chi connectivity index (χ2n) is 15.1. The molecule has 2 bridgehead atoms. The van der Waals surface area contributed by atoms with Gasteiger partial charge in [0.2, 0.25) is 15.9 Å². The molecule has 2 heterocycles. The lowest BCUT2D eigenvalue weighted by Gasteiger charge is -2.53. The topological polar surface area (TPSA) is 135 Å². The Kier molecular flexibility index (Phi) is 10.8. The molecule has 1 fully saturated rings. The Morgan fingerprint density at radius 3 is 2.69 bits per heavy atom. The Bertz CT molecular complexity index is 1790. The van der Waals surface area contributed by atoms with Crippen LogP contribution in [0.15, 0.2) is 48.6 Å². The standard InChI is InChI=1S/C38H50ClN3O8S/c1-36-16-14-30(36)32(49-4)9-5-6-17-41(2)34(43)22-38(45,35(44)40-51(46,47)19-18-48-3)27-10-13-33-31(21-27)42(23-36)24-37(25-50-33)15-7-8-26-20-28(39)11-12-29(26)37/h5,9-13,20-21,30,32,45H,6-8,14-19,22-25H2,1-4H3,(H,40,44)/b9-5+/t30-,32-,36?,37-,38+/m0/s1. The Morgan fingerprint density at radius 2 is 1.96 bits per heavy atom. The fraction of sp³-hybridized carbons (Fsp3) is 0.579. The van der Waals surface area contributed by atoms with Crippen LogP contribution in [0, 0.1) is 11.3 Å². The fourth-order valence-electron chi connectivity index (χ4n) is 8.48. The predicted octanol–water partition coefficient (Wildman–Crippen LogP) is 4.33. The van der Waals surface area contributed by atoms with Gasteiger partial charge in [-0.05, 0) is 90.8 Å². The first-order chi connectivity index (χ1) is 24.2. The minimum absolute atomic E-state index is 0.0971. The molecule has 0 saturated heterocycles. The van der Waals surface area contributed by atoms with Gasteiger partial charge in [-0.15, -0.1) is 0 Å². The van der Waals surface area contributed by atoms with E-state index in [0.717, 1.165) is 32.1 Å². The summed E-state index contributed by atoms with van der Waals surface area (Å²) >= 11 is 6.46. The molecule has 2 amide bonds. The van der Waals surface area contributed by atoms with Crippen LogP contribution in [-0.2, 0) is 46.5 Å². The lowest BCUT2D eigenvalue weighted by atomic mass is 9.58. The summed E-state index contributed by atoms with van der Waals surface area (Å²) in [6.07, 6.45) is 8.64. The number of carbonyl (C=O) groups is 2. The molecule has 11 nitrogen and oxygen atoms in total. The average Bonchev–Trinajstić information content (AvgIpc) is 3.23. The zero-order valence-corrected chi connectivity index (χ0v) is 31.5. The molecule has 2 aliphatic heterocycles. The zero-order valence-electron chi connectivity index (χ0n) is 30.0. The molecule has 2 N–H and O–H groups in total. The van der Waals surface area contributed by atoms with E-state index in [2.05, 4.69) is 30.0 Å². The molecular weight excluding hydrogens is 694 g/mol. The summed E-state index contributed by atoms with van der Waals surface area (Å²) in [7, 11) is 0.506. The van der Waals surface area contributed by atoms with Crippen LogP contribution in [0.5, 0.6) is 5.75 Å². The van der Waals surface area contributed by atoms with Gasteiger partial charge in [0, 0.05) is 51.3 Å². The number of aryl methyl sites for hydroxylation is 1.